The van der Waals surface area contributed by atoms with Gasteiger partial charge < -0.3 is 0 Å². The summed E-state index contributed by atoms with van der Waals surface area (Å²) in [5.74, 6) is 0. The molecule has 0 aliphatic heterocycles. The maximum atomic E-state index is 10.9. The molecule has 0 aliphatic rings. The normalized spacial score (nSPS) is 10.4. The minimum Gasteiger partial charge on any atom is -0.298 e. The van der Waals surface area contributed by atoms with Crippen LogP contribution in [0.1, 0.15) is 17.3 Å². The number of hydrogen-bond acceptors (Lipinski definition) is 2. The first kappa shape index (κ1) is 10.9. The van der Waals surface area contributed by atoms with Crippen LogP contribution in [-0.2, 0) is 6.54 Å². The monoisotopic (exact) mass is 234 g/mol. The summed E-state index contributed by atoms with van der Waals surface area (Å²) in [6.07, 6.45) is 2.53. The number of aryl methyl sites for hydroxylation is 1. The molecule has 1 aromatic carbocycles. The largest absolute Gasteiger partial charge is 0.298 e. The lowest BCUT2D eigenvalue weighted by molar-refractivity contribution is 0.112. The summed E-state index contributed by atoms with van der Waals surface area (Å²) in [5.41, 5.74) is 2.00. The Labute approximate surface area is 98.7 Å². The Morgan fingerprint density at radius 1 is 1.44 bits per heavy atom. The van der Waals surface area contributed by atoms with E-state index in [9.17, 15) is 4.79 Å². The fraction of sp³-hybridized carbons (Fsp3) is 0.167. The molecule has 1 aromatic heterocycles. The zero-order chi connectivity index (χ0) is 11.5. The van der Waals surface area contributed by atoms with Crippen molar-refractivity contribution in [1.82, 2.24) is 9.78 Å². The van der Waals surface area contributed by atoms with Gasteiger partial charge in [0, 0.05) is 18.3 Å². The van der Waals surface area contributed by atoms with Crippen LogP contribution in [0.5, 0.6) is 0 Å². The van der Waals surface area contributed by atoms with E-state index in [-0.39, 0.29) is 0 Å². The summed E-state index contributed by atoms with van der Waals surface area (Å²) in [6, 6.07) is 7.37. The van der Waals surface area contributed by atoms with Crippen LogP contribution >= 0.6 is 11.6 Å². The number of carbonyl (C=O) groups is 1. The molecule has 0 spiro atoms. The number of aromatic nitrogens is 2. The van der Waals surface area contributed by atoms with Crippen LogP contribution in [0.3, 0.4) is 0 Å². The van der Waals surface area contributed by atoms with Crippen LogP contribution in [-0.4, -0.2) is 16.1 Å². The Kier molecular flexibility index (Phi) is 3.06. The van der Waals surface area contributed by atoms with Gasteiger partial charge >= 0.3 is 0 Å². The molecule has 82 valence electrons. The quantitative estimate of drug-likeness (QED) is 0.766. The molecule has 0 amide bonds. The van der Waals surface area contributed by atoms with Crippen molar-refractivity contribution in [3.8, 4) is 11.3 Å². The molecule has 16 heavy (non-hydrogen) atoms. The second kappa shape index (κ2) is 4.49. The van der Waals surface area contributed by atoms with Gasteiger partial charge in [0.15, 0.2) is 6.29 Å². The summed E-state index contributed by atoms with van der Waals surface area (Å²) < 4.78 is 1.72. The fourth-order valence-corrected chi connectivity index (χ4v) is 1.77. The summed E-state index contributed by atoms with van der Waals surface area (Å²) >= 11 is 6.07. The molecule has 4 heteroatoms. The molecule has 0 fully saturated rings. The van der Waals surface area contributed by atoms with Gasteiger partial charge in [-0.3, -0.25) is 9.48 Å². The van der Waals surface area contributed by atoms with Crippen molar-refractivity contribution in [2.45, 2.75) is 13.5 Å². The highest BCUT2D eigenvalue weighted by atomic mass is 35.5. The first-order chi connectivity index (χ1) is 7.76. The standard InChI is InChI=1S/C12H11ClN2O/c1-2-15-7-9(8-16)12(14-15)10-5-3-4-6-11(10)13/h3-8H,2H2,1H3. The molecule has 1 heterocycles. The average Bonchev–Trinajstić information content (AvgIpc) is 2.72. The van der Waals surface area contributed by atoms with E-state index in [1.807, 2.05) is 25.1 Å². The summed E-state index contributed by atoms with van der Waals surface area (Å²) in [6.45, 7) is 2.70. The number of nitrogens with zero attached hydrogens (tertiary/aromatic N) is 2. The van der Waals surface area contributed by atoms with Crippen molar-refractivity contribution in [2.24, 2.45) is 0 Å². The van der Waals surface area contributed by atoms with Crippen LogP contribution in [0.15, 0.2) is 30.5 Å². The zero-order valence-electron chi connectivity index (χ0n) is 8.85. The van der Waals surface area contributed by atoms with Gasteiger partial charge in [-0.2, -0.15) is 5.10 Å². The van der Waals surface area contributed by atoms with Crippen molar-refractivity contribution in [3.63, 3.8) is 0 Å². The molecule has 0 radical (unpaired) electrons. The summed E-state index contributed by atoms with van der Waals surface area (Å²) in [4.78, 5) is 10.9. The van der Waals surface area contributed by atoms with Gasteiger partial charge in [-0.1, -0.05) is 29.8 Å². The molecule has 0 aliphatic carbocycles. The highest BCUT2D eigenvalue weighted by molar-refractivity contribution is 6.33. The smallest absolute Gasteiger partial charge is 0.153 e. The van der Waals surface area contributed by atoms with Crippen LogP contribution in [0.4, 0.5) is 0 Å². The number of carbonyl (C=O) groups excluding carboxylic acids is 1. The van der Waals surface area contributed by atoms with Crippen molar-refractivity contribution >= 4 is 17.9 Å². The van der Waals surface area contributed by atoms with Crippen molar-refractivity contribution in [2.75, 3.05) is 0 Å². The van der Waals surface area contributed by atoms with E-state index in [2.05, 4.69) is 5.10 Å². The van der Waals surface area contributed by atoms with Crippen molar-refractivity contribution < 1.29 is 4.79 Å². The van der Waals surface area contributed by atoms with Gasteiger partial charge in [-0.25, -0.2) is 0 Å². The third kappa shape index (κ3) is 1.86. The lowest BCUT2D eigenvalue weighted by Gasteiger charge is -2.00. The molecule has 0 saturated carbocycles. The molecule has 2 aromatic rings. The third-order valence-corrected chi connectivity index (χ3v) is 2.70. The molecule has 0 N–H and O–H groups in total. The number of hydrogen-bond donors (Lipinski definition) is 0. The van der Waals surface area contributed by atoms with Crippen molar-refractivity contribution in [1.29, 1.82) is 0 Å². The Hall–Kier alpha value is -1.61. The number of rotatable bonds is 3. The molecule has 0 bridgehead atoms. The Bertz CT molecular complexity index is 519. The number of aldehydes is 1. The number of benzene rings is 1. The second-order valence-electron chi connectivity index (χ2n) is 3.39. The van der Waals surface area contributed by atoms with Crippen LogP contribution < -0.4 is 0 Å². The Balaban J connectivity index is 2.59. The highest BCUT2D eigenvalue weighted by Gasteiger charge is 2.12. The van der Waals surface area contributed by atoms with Gasteiger partial charge in [0.25, 0.3) is 0 Å². The van der Waals surface area contributed by atoms with E-state index < -0.39 is 0 Å². The topological polar surface area (TPSA) is 34.9 Å². The first-order valence-electron chi connectivity index (χ1n) is 5.03. The van der Waals surface area contributed by atoms with E-state index in [0.717, 1.165) is 18.4 Å². The van der Waals surface area contributed by atoms with Gasteiger partial charge in [-0.05, 0) is 13.0 Å². The van der Waals surface area contributed by atoms with E-state index in [0.29, 0.717) is 16.3 Å². The van der Waals surface area contributed by atoms with Crippen LogP contribution in [0.25, 0.3) is 11.3 Å². The minimum atomic E-state index is 0.565. The van der Waals surface area contributed by atoms with Gasteiger partial charge in [0.2, 0.25) is 0 Å². The van der Waals surface area contributed by atoms with Crippen molar-refractivity contribution in [3.05, 3.63) is 41.0 Å². The highest BCUT2D eigenvalue weighted by Crippen LogP contribution is 2.28. The van der Waals surface area contributed by atoms with E-state index in [1.54, 1.807) is 16.9 Å². The fourth-order valence-electron chi connectivity index (χ4n) is 1.55. The predicted molar refractivity (Wildman–Crippen MR) is 63.7 cm³/mol. The Morgan fingerprint density at radius 2 is 2.19 bits per heavy atom. The molecule has 3 nitrogen and oxygen atoms in total. The molecule has 0 atom stereocenters. The molecule has 0 saturated heterocycles. The summed E-state index contributed by atoms with van der Waals surface area (Å²) in [5, 5.41) is 4.94. The van der Waals surface area contributed by atoms with E-state index in [1.165, 1.54) is 0 Å². The second-order valence-corrected chi connectivity index (χ2v) is 3.79. The first-order valence-corrected chi connectivity index (χ1v) is 5.41. The average molecular weight is 235 g/mol. The van der Waals surface area contributed by atoms with Crippen LogP contribution in [0, 0.1) is 0 Å². The minimum absolute atomic E-state index is 0.565. The maximum absolute atomic E-state index is 10.9. The zero-order valence-corrected chi connectivity index (χ0v) is 9.61. The van der Waals surface area contributed by atoms with Gasteiger partial charge in [0.1, 0.15) is 5.69 Å². The third-order valence-electron chi connectivity index (χ3n) is 2.37. The maximum Gasteiger partial charge on any atom is 0.153 e. The lowest BCUT2D eigenvalue weighted by atomic mass is 10.1. The van der Waals surface area contributed by atoms with Crippen LogP contribution in [0.2, 0.25) is 5.02 Å². The summed E-state index contributed by atoms with van der Waals surface area (Å²) in [7, 11) is 0. The molecule has 2 rings (SSSR count). The molecule has 0 unspecified atom stereocenters. The van der Waals surface area contributed by atoms with E-state index >= 15 is 0 Å². The van der Waals surface area contributed by atoms with Gasteiger partial charge in [-0.15, -0.1) is 0 Å². The Morgan fingerprint density at radius 3 is 2.81 bits per heavy atom. The lowest BCUT2D eigenvalue weighted by Crippen LogP contribution is -1.93. The molecular formula is C12H11ClN2O. The SMILES string of the molecule is CCn1cc(C=O)c(-c2ccccc2Cl)n1. The number of halogens is 1. The molecular weight excluding hydrogens is 224 g/mol. The predicted octanol–water partition coefficient (Wildman–Crippen LogP) is 3.04. The van der Waals surface area contributed by atoms with Gasteiger partial charge in [0.05, 0.1) is 10.6 Å². The van der Waals surface area contributed by atoms with E-state index in [4.69, 9.17) is 11.6 Å².